The maximum atomic E-state index is 13.7. The Kier molecular flexibility index (Phi) is 5.91. The second-order valence-electron chi connectivity index (χ2n) is 6.13. The Hall–Kier alpha value is -3.62. The Balaban J connectivity index is 1.89. The first-order valence-electron chi connectivity index (χ1n) is 8.63. The first-order valence-corrected chi connectivity index (χ1v) is 8.63. The van der Waals surface area contributed by atoms with Crippen molar-refractivity contribution in [3.05, 3.63) is 65.4 Å². The lowest BCUT2D eigenvalue weighted by atomic mass is 10.0. The van der Waals surface area contributed by atoms with Crippen LogP contribution in [0, 0.1) is 0 Å². The molecule has 0 unspecified atom stereocenters. The first-order chi connectivity index (χ1) is 14.3. The molecule has 30 heavy (non-hydrogen) atoms. The van der Waals surface area contributed by atoms with Gasteiger partial charge in [0, 0.05) is 11.6 Å². The van der Waals surface area contributed by atoms with Gasteiger partial charge in [0.25, 0.3) is 0 Å². The molecule has 3 rings (SSSR count). The molecule has 0 aliphatic heterocycles. The number of para-hydroxylation sites is 1. The highest BCUT2D eigenvalue weighted by molar-refractivity contribution is 6.03. The average molecular weight is 419 g/mol. The van der Waals surface area contributed by atoms with Crippen molar-refractivity contribution in [1.82, 2.24) is 4.98 Å². The fourth-order valence-corrected chi connectivity index (χ4v) is 2.92. The molecule has 0 radical (unpaired) electrons. The molecule has 0 atom stereocenters. The molecule has 6 nitrogen and oxygen atoms in total. The third-order valence-corrected chi connectivity index (χ3v) is 4.32. The number of hydrogen-bond acceptors (Lipinski definition) is 6. The number of hydrogen-bond donors (Lipinski definition) is 0. The Morgan fingerprint density at radius 3 is 2.40 bits per heavy atom. The van der Waals surface area contributed by atoms with Crippen LogP contribution < -0.4 is 9.47 Å². The van der Waals surface area contributed by atoms with Crippen molar-refractivity contribution in [3.63, 3.8) is 0 Å². The quantitative estimate of drug-likeness (QED) is 0.438. The molecule has 156 valence electrons. The molecule has 2 aromatic carbocycles. The number of alkyl halides is 3. The van der Waals surface area contributed by atoms with Crippen molar-refractivity contribution in [2.45, 2.75) is 6.18 Å². The van der Waals surface area contributed by atoms with Crippen LogP contribution in [0.25, 0.3) is 10.9 Å². The highest BCUT2D eigenvalue weighted by atomic mass is 19.4. The van der Waals surface area contributed by atoms with E-state index >= 15 is 0 Å². The van der Waals surface area contributed by atoms with Crippen molar-refractivity contribution >= 4 is 22.7 Å². The molecule has 0 fully saturated rings. The lowest BCUT2D eigenvalue weighted by molar-refractivity contribution is -0.136. The van der Waals surface area contributed by atoms with Crippen LogP contribution in [-0.4, -0.2) is 37.6 Å². The molecule has 1 aromatic heterocycles. The van der Waals surface area contributed by atoms with Gasteiger partial charge in [-0.3, -0.25) is 9.78 Å². The summed E-state index contributed by atoms with van der Waals surface area (Å²) in [6.45, 7) is -0.785. The molecule has 0 bridgehead atoms. The minimum atomic E-state index is -4.82. The van der Waals surface area contributed by atoms with Gasteiger partial charge >= 0.3 is 12.1 Å². The standard InChI is InChI=1S/C21H16F3NO5/c1-28-12-7-8-18(29-2)14(9-12)17(26)11-30-20(27)15-10-25-16-6-4-3-5-13(16)19(15)21(22,23)24/h3-10H,11H2,1-2H3. The minimum Gasteiger partial charge on any atom is -0.497 e. The number of pyridine rings is 1. The summed E-state index contributed by atoms with van der Waals surface area (Å²) in [7, 11) is 2.75. The van der Waals surface area contributed by atoms with Crippen molar-refractivity contribution in [1.29, 1.82) is 0 Å². The number of aromatic nitrogens is 1. The molecule has 0 saturated carbocycles. The third-order valence-electron chi connectivity index (χ3n) is 4.32. The Labute approximate surface area is 169 Å². The second kappa shape index (κ2) is 8.40. The van der Waals surface area contributed by atoms with E-state index in [1.165, 1.54) is 50.6 Å². The second-order valence-corrected chi connectivity index (χ2v) is 6.13. The van der Waals surface area contributed by atoms with Crippen LogP contribution >= 0.6 is 0 Å². The summed E-state index contributed by atoms with van der Waals surface area (Å²) in [5.41, 5.74) is -1.79. The number of ether oxygens (including phenoxy) is 3. The summed E-state index contributed by atoms with van der Waals surface area (Å²) in [6, 6.07) is 10.0. The van der Waals surface area contributed by atoms with Crippen molar-refractivity contribution in [2.24, 2.45) is 0 Å². The fourth-order valence-electron chi connectivity index (χ4n) is 2.92. The Bertz CT molecular complexity index is 1110. The summed E-state index contributed by atoms with van der Waals surface area (Å²) in [4.78, 5) is 28.8. The molecule has 0 aliphatic carbocycles. The number of esters is 1. The topological polar surface area (TPSA) is 74.7 Å². The van der Waals surface area contributed by atoms with Crippen LogP contribution in [0.3, 0.4) is 0 Å². The zero-order chi connectivity index (χ0) is 21.9. The molecule has 0 saturated heterocycles. The van der Waals surface area contributed by atoms with E-state index in [2.05, 4.69) is 4.98 Å². The zero-order valence-electron chi connectivity index (χ0n) is 15.9. The van der Waals surface area contributed by atoms with Gasteiger partial charge in [0.05, 0.1) is 36.4 Å². The monoisotopic (exact) mass is 419 g/mol. The molecule has 0 N–H and O–H groups in total. The summed E-state index contributed by atoms with van der Waals surface area (Å²) < 4.78 is 56.0. The number of fused-ring (bicyclic) bond motifs is 1. The molecule has 9 heteroatoms. The number of halogens is 3. The maximum absolute atomic E-state index is 13.7. The SMILES string of the molecule is COc1ccc(OC)c(C(=O)COC(=O)c2cnc3ccccc3c2C(F)(F)F)c1. The number of rotatable bonds is 6. The van der Waals surface area contributed by atoms with Gasteiger partial charge < -0.3 is 14.2 Å². The van der Waals surface area contributed by atoms with Crippen molar-refractivity contribution in [3.8, 4) is 11.5 Å². The molecular weight excluding hydrogens is 403 g/mol. The smallest absolute Gasteiger partial charge is 0.417 e. The molecule has 1 heterocycles. The van der Waals surface area contributed by atoms with Crippen molar-refractivity contribution in [2.75, 3.05) is 20.8 Å². The van der Waals surface area contributed by atoms with E-state index in [0.29, 0.717) is 5.75 Å². The highest BCUT2D eigenvalue weighted by Crippen LogP contribution is 2.37. The predicted octanol–water partition coefficient (Wildman–Crippen LogP) is 4.31. The summed E-state index contributed by atoms with van der Waals surface area (Å²) in [5, 5.41) is -0.236. The number of benzene rings is 2. The fraction of sp³-hybridized carbons (Fsp3) is 0.190. The van der Waals surface area contributed by atoms with E-state index in [1.807, 2.05) is 0 Å². The first kappa shape index (κ1) is 21.1. The average Bonchev–Trinajstić information content (AvgIpc) is 2.75. The molecule has 3 aromatic rings. The van der Waals surface area contributed by atoms with Crippen LogP contribution in [-0.2, 0) is 10.9 Å². The van der Waals surface area contributed by atoms with Crippen LogP contribution in [0.4, 0.5) is 13.2 Å². The van der Waals surface area contributed by atoms with Crippen LogP contribution in [0.1, 0.15) is 26.3 Å². The molecule has 0 amide bonds. The summed E-state index contributed by atoms with van der Waals surface area (Å²) in [5.74, 6) is -1.40. The van der Waals surface area contributed by atoms with E-state index in [1.54, 1.807) is 6.07 Å². The third kappa shape index (κ3) is 4.19. The van der Waals surface area contributed by atoms with Gasteiger partial charge in [-0.2, -0.15) is 13.2 Å². The number of methoxy groups -OCH3 is 2. The van der Waals surface area contributed by atoms with Gasteiger partial charge in [0.15, 0.2) is 6.61 Å². The van der Waals surface area contributed by atoms with E-state index in [4.69, 9.17) is 14.2 Å². The number of carbonyl (C=O) groups excluding carboxylic acids is 2. The number of carbonyl (C=O) groups is 2. The van der Waals surface area contributed by atoms with Gasteiger partial charge in [-0.05, 0) is 24.3 Å². The van der Waals surface area contributed by atoms with Crippen LogP contribution in [0.5, 0.6) is 11.5 Å². The van der Waals surface area contributed by atoms with Gasteiger partial charge in [0.2, 0.25) is 5.78 Å². The largest absolute Gasteiger partial charge is 0.497 e. The molecule has 0 spiro atoms. The molecular formula is C21H16F3NO5. The Morgan fingerprint density at radius 1 is 1.00 bits per heavy atom. The summed E-state index contributed by atoms with van der Waals surface area (Å²) >= 11 is 0. The van der Waals surface area contributed by atoms with Gasteiger partial charge in [0.1, 0.15) is 11.5 Å². The van der Waals surface area contributed by atoms with E-state index < -0.39 is 35.7 Å². The zero-order valence-corrected chi connectivity index (χ0v) is 15.9. The number of Topliss-reactive ketones (excluding diaryl/α,β-unsaturated/α-hetero) is 1. The lowest BCUT2D eigenvalue weighted by Crippen LogP contribution is -2.19. The Morgan fingerprint density at radius 2 is 1.73 bits per heavy atom. The lowest BCUT2D eigenvalue weighted by Gasteiger charge is -2.15. The van der Waals surface area contributed by atoms with Gasteiger partial charge in [-0.15, -0.1) is 0 Å². The predicted molar refractivity (Wildman–Crippen MR) is 101 cm³/mol. The molecule has 0 aliphatic rings. The van der Waals surface area contributed by atoms with Gasteiger partial charge in [-0.25, -0.2) is 4.79 Å². The normalized spacial score (nSPS) is 11.2. The number of ketones is 1. The van der Waals surface area contributed by atoms with Gasteiger partial charge in [-0.1, -0.05) is 18.2 Å². The van der Waals surface area contributed by atoms with E-state index in [0.717, 1.165) is 6.20 Å². The minimum absolute atomic E-state index is 0.0670. The van der Waals surface area contributed by atoms with Crippen molar-refractivity contribution < 1.29 is 37.0 Å². The van der Waals surface area contributed by atoms with Crippen LogP contribution in [0.2, 0.25) is 0 Å². The summed E-state index contributed by atoms with van der Waals surface area (Å²) in [6.07, 6.45) is -4.03. The van der Waals surface area contributed by atoms with E-state index in [9.17, 15) is 22.8 Å². The van der Waals surface area contributed by atoms with E-state index in [-0.39, 0.29) is 22.2 Å². The number of nitrogens with zero attached hydrogens (tertiary/aromatic N) is 1. The van der Waals surface area contributed by atoms with Crippen LogP contribution in [0.15, 0.2) is 48.7 Å². The maximum Gasteiger partial charge on any atom is 0.417 e. The highest BCUT2D eigenvalue weighted by Gasteiger charge is 2.38.